The molecule has 3 nitrogen and oxygen atoms in total. The molecule has 2 atom stereocenters. The van der Waals surface area contributed by atoms with Gasteiger partial charge in [-0.1, -0.05) is 20.8 Å². The smallest absolute Gasteiger partial charge is 0.240 e. The standard InChI is InChI=1S/C13H24ClNO2/c1-5-11(14)12(16)15-7-10(8-17-6-2)13(3,4)9-15/h10-11H,5-9H2,1-4H3/t10-,11+/m0/s1. The number of nitrogens with zero attached hydrogens (tertiary/aromatic N) is 1. The molecule has 0 bridgehead atoms. The topological polar surface area (TPSA) is 29.5 Å². The Balaban J connectivity index is 2.60. The van der Waals surface area contributed by atoms with E-state index in [1.165, 1.54) is 0 Å². The molecular formula is C13H24ClNO2. The number of likely N-dealkylation sites (tertiary alicyclic amines) is 1. The summed E-state index contributed by atoms with van der Waals surface area (Å²) in [6.45, 7) is 11.3. The first-order valence-corrected chi connectivity index (χ1v) is 6.86. The Labute approximate surface area is 109 Å². The lowest BCUT2D eigenvalue weighted by atomic mass is 9.83. The van der Waals surface area contributed by atoms with E-state index in [2.05, 4.69) is 13.8 Å². The minimum absolute atomic E-state index is 0.0706. The van der Waals surface area contributed by atoms with E-state index in [0.29, 0.717) is 12.3 Å². The van der Waals surface area contributed by atoms with Gasteiger partial charge in [0.15, 0.2) is 0 Å². The predicted molar refractivity (Wildman–Crippen MR) is 70.3 cm³/mol. The zero-order valence-electron chi connectivity index (χ0n) is 11.3. The molecule has 0 aromatic carbocycles. The van der Waals surface area contributed by atoms with Gasteiger partial charge in [-0.3, -0.25) is 4.79 Å². The fourth-order valence-corrected chi connectivity index (χ4v) is 2.42. The molecular weight excluding hydrogens is 238 g/mol. The van der Waals surface area contributed by atoms with Crippen molar-refractivity contribution >= 4 is 17.5 Å². The highest BCUT2D eigenvalue weighted by Gasteiger charge is 2.42. The average molecular weight is 262 g/mol. The summed E-state index contributed by atoms with van der Waals surface area (Å²) >= 11 is 6.02. The summed E-state index contributed by atoms with van der Waals surface area (Å²) in [6, 6.07) is 0. The van der Waals surface area contributed by atoms with Crippen LogP contribution in [0, 0.1) is 11.3 Å². The van der Waals surface area contributed by atoms with E-state index in [1.807, 2.05) is 18.7 Å². The summed E-state index contributed by atoms with van der Waals surface area (Å²) in [4.78, 5) is 13.9. The van der Waals surface area contributed by atoms with Crippen LogP contribution in [0.1, 0.15) is 34.1 Å². The molecule has 0 unspecified atom stereocenters. The maximum atomic E-state index is 12.0. The van der Waals surface area contributed by atoms with E-state index < -0.39 is 0 Å². The second-order valence-electron chi connectivity index (χ2n) is 5.44. The quantitative estimate of drug-likeness (QED) is 0.712. The number of amides is 1. The zero-order chi connectivity index (χ0) is 13.1. The van der Waals surface area contributed by atoms with E-state index >= 15 is 0 Å². The van der Waals surface area contributed by atoms with Crippen LogP contribution in [0.5, 0.6) is 0 Å². The van der Waals surface area contributed by atoms with Crippen molar-refractivity contribution in [3.05, 3.63) is 0 Å². The summed E-state index contributed by atoms with van der Waals surface area (Å²) in [7, 11) is 0. The number of hydrogen-bond donors (Lipinski definition) is 0. The van der Waals surface area contributed by atoms with E-state index in [-0.39, 0.29) is 16.7 Å². The third-order valence-corrected chi connectivity index (χ3v) is 4.10. The van der Waals surface area contributed by atoms with Crippen molar-refractivity contribution in [1.29, 1.82) is 0 Å². The predicted octanol–water partition coefficient (Wildman–Crippen LogP) is 2.52. The Morgan fingerprint density at radius 3 is 2.71 bits per heavy atom. The summed E-state index contributed by atoms with van der Waals surface area (Å²) in [5, 5.41) is -0.378. The maximum absolute atomic E-state index is 12.0. The van der Waals surface area contributed by atoms with E-state index in [9.17, 15) is 4.79 Å². The minimum Gasteiger partial charge on any atom is -0.381 e. The SMILES string of the molecule is CCOC[C@@H]1CN(C(=O)[C@H](Cl)CC)CC1(C)C. The summed E-state index contributed by atoms with van der Waals surface area (Å²) in [6.07, 6.45) is 0.688. The van der Waals surface area contributed by atoms with Crippen LogP contribution in [0.3, 0.4) is 0 Å². The minimum atomic E-state index is -0.378. The van der Waals surface area contributed by atoms with Crippen LogP contribution < -0.4 is 0 Å². The number of rotatable bonds is 5. The lowest BCUT2D eigenvalue weighted by Gasteiger charge is -2.24. The molecule has 1 rings (SSSR count). The molecule has 0 saturated carbocycles. The van der Waals surface area contributed by atoms with E-state index in [1.54, 1.807) is 0 Å². The highest BCUT2D eigenvalue weighted by Crippen LogP contribution is 2.36. The Hall–Kier alpha value is -0.280. The molecule has 1 saturated heterocycles. The number of hydrogen-bond acceptors (Lipinski definition) is 2. The Kier molecular flexibility index (Phi) is 5.26. The van der Waals surface area contributed by atoms with Gasteiger partial charge in [0.2, 0.25) is 5.91 Å². The van der Waals surface area contributed by atoms with Crippen LogP contribution in [-0.4, -0.2) is 42.5 Å². The molecule has 0 radical (unpaired) electrons. The molecule has 100 valence electrons. The lowest BCUT2D eigenvalue weighted by molar-refractivity contribution is -0.130. The molecule has 4 heteroatoms. The molecule has 0 spiro atoms. The second-order valence-corrected chi connectivity index (χ2v) is 5.97. The van der Waals surface area contributed by atoms with Crippen molar-refractivity contribution in [3.8, 4) is 0 Å². The molecule has 1 aliphatic rings. The molecule has 1 aliphatic heterocycles. The van der Waals surface area contributed by atoms with E-state index in [0.717, 1.165) is 26.3 Å². The summed E-state index contributed by atoms with van der Waals surface area (Å²) < 4.78 is 5.50. The van der Waals surface area contributed by atoms with Crippen LogP contribution in [0.15, 0.2) is 0 Å². The molecule has 0 N–H and O–H groups in total. The van der Waals surface area contributed by atoms with Crippen LogP contribution in [0.4, 0.5) is 0 Å². The Morgan fingerprint density at radius 2 is 2.18 bits per heavy atom. The van der Waals surface area contributed by atoms with Gasteiger partial charge < -0.3 is 9.64 Å². The van der Waals surface area contributed by atoms with Crippen LogP contribution in [-0.2, 0) is 9.53 Å². The van der Waals surface area contributed by atoms with Crippen molar-refractivity contribution in [2.45, 2.75) is 39.5 Å². The van der Waals surface area contributed by atoms with Gasteiger partial charge in [-0.05, 0) is 18.8 Å². The first-order valence-electron chi connectivity index (χ1n) is 6.43. The fourth-order valence-electron chi connectivity index (χ4n) is 2.28. The molecule has 0 aromatic heterocycles. The Morgan fingerprint density at radius 1 is 1.53 bits per heavy atom. The average Bonchev–Trinajstić information content (AvgIpc) is 2.59. The molecule has 1 heterocycles. The largest absolute Gasteiger partial charge is 0.381 e. The summed E-state index contributed by atoms with van der Waals surface area (Å²) in [5.41, 5.74) is 0.120. The first kappa shape index (κ1) is 14.8. The molecule has 1 amide bonds. The molecule has 0 aromatic rings. The molecule has 17 heavy (non-hydrogen) atoms. The van der Waals surface area contributed by atoms with Crippen LogP contribution in [0.25, 0.3) is 0 Å². The highest BCUT2D eigenvalue weighted by molar-refractivity contribution is 6.30. The van der Waals surface area contributed by atoms with Crippen molar-refractivity contribution in [2.24, 2.45) is 11.3 Å². The Bertz CT molecular complexity index is 268. The monoisotopic (exact) mass is 261 g/mol. The number of carbonyl (C=O) groups is 1. The van der Waals surface area contributed by atoms with Gasteiger partial charge in [0, 0.05) is 25.6 Å². The van der Waals surface area contributed by atoms with Crippen molar-refractivity contribution in [2.75, 3.05) is 26.3 Å². The zero-order valence-corrected chi connectivity index (χ0v) is 12.1. The van der Waals surface area contributed by atoms with E-state index in [4.69, 9.17) is 16.3 Å². The van der Waals surface area contributed by atoms with Gasteiger partial charge >= 0.3 is 0 Å². The maximum Gasteiger partial charge on any atom is 0.240 e. The molecule has 1 fully saturated rings. The van der Waals surface area contributed by atoms with Gasteiger partial charge in [-0.2, -0.15) is 0 Å². The lowest BCUT2D eigenvalue weighted by Crippen LogP contribution is -2.35. The van der Waals surface area contributed by atoms with Crippen molar-refractivity contribution in [3.63, 3.8) is 0 Å². The second kappa shape index (κ2) is 6.05. The normalized spacial score (nSPS) is 25.0. The fraction of sp³-hybridized carbons (Fsp3) is 0.923. The number of halogens is 1. The van der Waals surface area contributed by atoms with Gasteiger partial charge in [0.25, 0.3) is 0 Å². The van der Waals surface area contributed by atoms with Gasteiger partial charge in [-0.15, -0.1) is 11.6 Å². The number of alkyl halides is 1. The number of carbonyl (C=O) groups excluding carboxylic acids is 1. The highest BCUT2D eigenvalue weighted by atomic mass is 35.5. The number of ether oxygens (including phenoxy) is 1. The van der Waals surface area contributed by atoms with Gasteiger partial charge in [-0.25, -0.2) is 0 Å². The first-order chi connectivity index (χ1) is 7.92. The van der Waals surface area contributed by atoms with Gasteiger partial charge in [0.1, 0.15) is 5.38 Å². The van der Waals surface area contributed by atoms with Crippen LogP contribution >= 0.6 is 11.6 Å². The van der Waals surface area contributed by atoms with Crippen molar-refractivity contribution < 1.29 is 9.53 Å². The molecule has 0 aliphatic carbocycles. The third-order valence-electron chi connectivity index (χ3n) is 3.61. The summed E-state index contributed by atoms with van der Waals surface area (Å²) in [5.74, 6) is 0.480. The van der Waals surface area contributed by atoms with Crippen LogP contribution in [0.2, 0.25) is 0 Å². The van der Waals surface area contributed by atoms with Crippen molar-refractivity contribution in [1.82, 2.24) is 4.90 Å². The van der Waals surface area contributed by atoms with Gasteiger partial charge in [0.05, 0.1) is 6.61 Å². The third kappa shape index (κ3) is 3.59.